The lowest BCUT2D eigenvalue weighted by Crippen LogP contribution is -2.48. The SMILES string of the molecule is CC1CCC(C)(NC(=O)c2cn(C3CCNCC3)nn2)CC1. The van der Waals surface area contributed by atoms with Crippen LogP contribution in [0.3, 0.4) is 0 Å². The van der Waals surface area contributed by atoms with Crippen LogP contribution in [-0.2, 0) is 0 Å². The van der Waals surface area contributed by atoms with Crippen molar-refractivity contribution in [1.29, 1.82) is 0 Å². The van der Waals surface area contributed by atoms with Crippen molar-refractivity contribution in [2.45, 2.75) is 64.0 Å². The molecule has 2 N–H and O–H groups in total. The number of amides is 1. The van der Waals surface area contributed by atoms with Crippen LogP contribution in [0.1, 0.15) is 68.9 Å². The molecule has 0 unspecified atom stereocenters. The third kappa shape index (κ3) is 3.48. The molecule has 6 nitrogen and oxygen atoms in total. The summed E-state index contributed by atoms with van der Waals surface area (Å²) in [6.45, 7) is 6.44. The first-order valence-electron chi connectivity index (χ1n) is 8.51. The molecule has 2 fully saturated rings. The van der Waals surface area contributed by atoms with Gasteiger partial charge >= 0.3 is 0 Å². The lowest BCUT2D eigenvalue weighted by atomic mass is 9.78. The van der Waals surface area contributed by atoms with E-state index < -0.39 is 0 Å². The maximum atomic E-state index is 12.5. The van der Waals surface area contributed by atoms with Gasteiger partial charge in [0, 0.05) is 5.54 Å². The Balaban J connectivity index is 1.61. The van der Waals surface area contributed by atoms with Crippen molar-refractivity contribution < 1.29 is 4.79 Å². The minimum atomic E-state index is -0.0951. The standard InChI is InChI=1S/C16H27N5O/c1-12-3-7-16(2,8-4-12)18-15(22)14-11-21(20-19-14)13-5-9-17-10-6-13/h11-13,17H,3-10H2,1-2H3,(H,18,22). The fourth-order valence-electron chi connectivity index (χ4n) is 3.49. The topological polar surface area (TPSA) is 71.8 Å². The molecule has 1 amide bonds. The Labute approximate surface area is 132 Å². The van der Waals surface area contributed by atoms with Crippen molar-refractivity contribution in [3.8, 4) is 0 Å². The molecule has 122 valence electrons. The minimum Gasteiger partial charge on any atom is -0.345 e. The predicted molar refractivity (Wildman–Crippen MR) is 84.7 cm³/mol. The number of rotatable bonds is 3. The quantitative estimate of drug-likeness (QED) is 0.894. The van der Waals surface area contributed by atoms with Crippen LogP contribution >= 0.6 is 0 Å². The summed E-state index contributed by atoms with van der Waals surface area (Å²) in [5.41, 5.74) is 0.348. The van der Waals surface area contributed by atoms with Gasteiger partial charge < -0.3 is 10.6 Å². The number of nitrogens with zero attached hydrogens (tertiary/aromatic N) is 3. The molecular formula is C16H27N5O. The van der Waals surface area contributed by atoms with Crippen molar-refractivity contribution in [3.05, 3.63) is 11.9 Å². The van der Waals surface area contributed by atoms with Crippen molar-refractivity contribution >= 4 is 5.91 Å². The largest absolute Gasteiger partial charge is 0.345 e. The van der Waals surface area contributed by atoms with Crippen LogP contribution in [0.25, 0.3) is 0 Å². The molecule has 6 heteroatoms. The van der Waals surface area contributed by atoms with Crippen LogP contribution < -0.4 is 10.6 Å². The monoisotopic (exact) mass is 305 g/mol. The summed E-state index contributed by atoms with van der Waals surface area (Å²) in [6.07, 6.45) is 8.34. The Bertz CT molecular complexity index is 512. The summed E-state index contributed by atoms with van der Waals surface area (Å²) in [5, 5.41) is 14.8. The summed E-state index contributed by atoms with van der Waals surface area (Å²) in [4.78, 5) is 12.5. The van der Waals surface area contributed by atoms with Gasteiger partial charge in [-0.2, -0.15) is 0 Å². The van der Waals surface area contributed by atoms with Gasteiger partial charge in [0.25, 0.3) is 5.91 Å². The molecule has 2 heterocycles. The van der Waals surface area contributed by atoms with Gasteiger partial charge in [0.2, 0.25) is 0 Å². The number of aromatic nitrogens is 3. The Morgan fingerprint density at radius 1 is 1.32 bits per heavy atom. The lowest BCUT2D eigenvalue weighted by Gasteiger charge is -2.36. The molecule has 2 aliphatic rings. The molecule has 22 heavy (non-hydrogen) atoms. The van der Waals surface area contributed by atoms with E-state index in [0.29, 0.717) is 11.7 Å². The van der Waals surface area contributed by atoms with Gasteiger partial charge in [-0.25, -0.2) is 4.68 Å². The fourth-order valence-corrected chi connectivity index (χ4v) is 3.49. The van der Waals surface area contributed by atoms with E-state index in [4.69, 9.17) is 0 Å². The van der Waals surface area contributed by atoms with Crippen molar-refractivity contribution in [2.75, 3.05) is 13.1 Å². The zero-order valence-corrected chi connectivity index (χ0v) is 13.6. The first-order valence-corrected chi connectivity index (χ1v) is 8.51. The van der Waals surface area contributed by atoms with Crippen LogP contribution in [-0.4, -0.2) is 39.5 Å². The van der Waals surface area contributed by atoms with Crippen LogP contribution in [0.15, 0.2) is 6.20 Å². The van der Waals surface area contributed by atoms with Crippen LogP contribution in [0.5, 0.6) is 0 Å². The molecule has 1 aliphatic heterocycles. The Morgan fingerprint density at radius 2 is 2.00 bits per heavy atom. The summed E-state index contributed by atoms with van der Waals surface area (Å²) in [5.74, 6) is 0.683. The molecule has 1 aromatic heterocycles. The Kier molecular flexibility index (Phi) is 4.47. The fraction of sp³-hybridized carbons (Fsp3) is 0.812. The van der Waals surface area contributed by atoms with Crippen LogP contribution in [0.4, 0.5) is 0 Å². The minimum absolute atomic E-state index is 0.0859. The third-order valence-electron chi connectivity index (χ3n) is 5.22. The smallest absolute Gasteiger partial charge is 0.273 e. The lowest BCUT2D eigenvalue weighted by molar-refractivity contribution is 0.0864. The highest BCUT2D eigenvalue weighted by Gasteiger charge is 2.32. The molecule has 1 aliphatic carbocycles. The highest BCUT2D eigenvalue weighted by atomic mass is 16.2. The van der Waals surface area contributed by atoms with Crippen LogP contribution in [0, 0.1) is 5.92 Å². The Morgan fingerprint density at radius 3 is 2.68 bits per heavy atom. The zero-order chi connectivity index (χ0) is 15.6. The number of carbonyl (C=O) groups is 1. The van der Waals surface area contributed by atoms with Crippen molar-refractivity contribution in [1.82, 2.24) is 25.6 Å². The number of piperidine rings is 1. The predicted octanol–water partition coefficient (Wildman–Crippen LogP) is 1.90. The summed E-state index contributed by atoms with van der Waals surface area (Å²) < 4.78 is 1.86. The number of hydrogen-bond acceptors (Lipinski definition) is 4. The van der Waals surface area contributed by atoms with Gasteiger partial charge in [0.1, 0.15) is 0 Å². The van der Waals surface area contributed by atoms with E-state index in [1.807, 2.05) is 4.68 Å². The third-order valence-corrected chi connectivity index (χ3v) is 5.22. The molecule has 1 saturated heterocycles. The molecule has 3 rings (SSSR count). The van der Waals surface area contributed by atoms with Crippen molar-refractivity contribution in [2.24, 2.45) is 5.92 Å². The normalized spacial score (nSPS) is 30.2. The maximum absolute atomic E-state index is 12.5. The van der Waals surface area contributed by atoms with Gasteiger partial charge in [0.05, 0.1) is 12.2 Å². The molecular weight excluding hydrogens is 278 g/mol. The van der Waals surface area contributed by atoms with Gasteiger partial charge in [-0.1, -0.05) is 12.1 Å². The van der Waals surface area contributed by atoms with E-state index in [-0.39, 0.29) is 11.4 Å². The number of nitrogens with one attached hydrogen (secondary N) is 2. The highest BCUT2D eigenvalue weighted by Crippen LogP contribution is 2.31. The molecule has 0 bridgehead atoms. The van der Waals surface area contributed by atoms with E-state index in [1.165, 1.54) is 12.8 Å². The summed E-state index contributed by atoms with van der Waals surface area (Å²) in [6, 6.07) is 0.362. The molecule has 0 spiro atoms. The first kappa shape index (κ1) is 15.5. The number of hydrogen-bond donors (Lipinski definition) is 2. The second-order valence-electron chi connectivity index (χ2n) is 7.26. The van der Waals surface area contributed by atoms with E-state index >= 15 is 0 Å². The first-order chi connectivity index (χ1) is 10.6. The zero-order valence-electron chi connectivity index (χ0n) is 13.6. The maximum Gasteiger partial charge on any atom is 0.273 e. The van der Waals surface area contributed by atoms with E-state index in [0.717, 1.165) is 44.7 Å². The van der Waals surface area contributed by atoms with Crippen molar-refractivity contribution in [3.63, 3.8) is 0 Å². The second kappa shape index (κ2) is 6.36. The molecule has 0 aromatic carbocycles. The van der Waals surface area contributed by atoms with Gasteiger partial charge in [0.15, 0.2) is 5.69 Å². The Hall–Kier alpha value is -1.43. The summed E-state index contributed by atoms with van der Waals surface area (Å²) in [7, 11) is 0. The molecule has 0 atom stereocenters. The van der Waals surface area contributed by atoms with Gasteiger partial charge in [-0.3, -0.25) is 4.79 Å². The number of carbonyl (C=O) groups excluding carboxylic acids is 1. The molecule has 0 radical (unpaired) electrons. The summed E-state index contributed by atoms with van der Waals surface area (Å²) >= 11 is 0. The van der Waals surface area contributed by atoms with Gasteiger partial charge in [-0.05, 0) is 64.5 Å². The molecule has 1 aromatic rings. The van der Waals surface area contributed by atoms with Gasteiger partial charge in [-0.15, -0.1) is 5.10 Å². The van der Waals surface area contributed by atoms with E-state index in [2.05, 4.69) is 34.8 Å². The van der Waals surface area contributed by atoms with E-state index in [9.17, 15) is 4.79 Å². The van der Waals surface area contributed by atoms with E-state index in [1.54, 1.807) is 6.20 Å². The second-order valence-corrected chi connectivity index (χ2v) is 7.26. The average molecular weight is 305 g/mol. The average Bonchev–Trinajstić information content (AvgIpc) is 3.01. The highest BCUT2D eigenvalue weighted by molar-refractivity contribution is 5.92. The van der Waals surface area contributed by atoms with Crippen LogP contribution in [0.2, 0.25) is 0 Å². The molecule has 1 saturated carbocycles.